The van der Waals surface area contributed by atoms with Crippen LogP contribution in [0, 0.1) is 0 Å². The Hall–Kier alpha value is -3.78. The van der Waals surface area contributed by atoms with Crippen molar-refractivity contribution in [3.05, 3.63) is 136 Å². The molecule has 0 radical (unpaired) electrons. The summed E-state index contributed by atoms with van der Waals surface area (Å²) in [7, 11) is -1.74. The molecule has 1 aliphatic heterocycles. The maximum atomic E-state index is 15.4. The van der Waals surface area contributed by atoms with Gasteiger partial charge in [0.1, 0.15) is 11.1 Å². The summed E-state index contributed by atoms with van der Waals surface area (Å²) >= 11 is 6.59. The second-order valence-electron chi connectivity index (χ2n) is 11.5. The molecular weight excluding hydrogens is 580 g/mol. The van der Waals surface area contributed by atoms with E-state index in [0.717, 1.165) is 16.7 Å². The highest BCUT2D eigenvalue weighted by Crippen LogP contribution is 2.54. The van der Waals surface area contributed by atoms with Crippen molar-refractivity contribution in [2.45, 2.75) is 49.9 Å². The first-order valence-corrected chi connectivity index (χ1v) is 15.7. The van der Waals surface area contributed by atoms with Crippen LogP contribution in [-0.4, -0.2) is 27.4 Å². The maximum Gasteiger partial charge on any atom is 0.308 e. The predicted octanol–water partition coefficient (Wildman–Crippen LogP) is 6.88. The van der Waals surface area contributed by atoms with Crippen LogP contribution in [0.25, 0.3) is 0 Å². The zero-order chi connectivity index (χ0) is 30.8. The van der Waals surface area contributed by atoms with Gasteiger partial charge in [-0.2, -0.15) is 0 Å². The molecule has 0 aromatic heterocycles. The Morgan fingerprint density at radius 1 is 0.860 bits per heavy atom. The molecule has 222 valence electrons. The summed E-state index contributed by atoms with van der Waals surface area (Å²) in [5.41, 5.74) is 0.622. The fourth-order valence-corrected chi connectivity index (χ4v) is 6.83. The number of esters is 1. The molecule has 1 unspecified atom stereocenters. The molecular formula is C35H35ClN2O4S. The highest BCUT2D eigenvalue weighted by molar-refractivity contribution is 7.84. The van der Waals surface area contributed by atoms with Crippen LogP contribution in [0.3, 0.4) is 0 Å². The molecule has 6 nitrogen and oxygen atoms in total. The number of hydrogen-bond acceptors (Lipinski definition) is 4. The molecule has 1 amide bonds. The quantitative estimate of drug-likeness (QED) is 0.165. The highest BCUT2D eigenvalue weighted by Gasteiger charge is 2.60. The van der Waals surface area contributed by atoms with Gasteiger partial charge in [0, 0.05) is 10.6 Å². The SMILES string of the molecule is CCOC(=O)C[C@@]1(NS(=O)C(C)(C)C)C(=O)N(C(c2ccccc2)(c2ccccc2)c2ccccc2)c2ccc(Cl)cc21. The van der Waals surface area contributed by atoms with Crippen molar-refractivity contribution in [1.29, 1.82) is 0 Å². The van der Waals surface area contributed by atoms with Gasteiger partial charge in [-0.3, -0.25) is 14.5 Å². The van der Waals surface area contributed by atoms with E-state index in [2.05, 4.69) is 4.72 Å². The summed E-state index contributed by atoms with van der Waals surface area (Å²) in [4.78, 5) is 30.5. The predicted molar refractivity (Wildman–Crippen MR) is 172 cm³/mol. The van der Waals surface area contributed by atoms with Crippen LogP contribution in [0.15, 0.2) is 109 Å². The van der Waals surface area contributed by atoms with E-state index in [-0.39, 0.29) is 13.0 Å². The molecule has 0 fully saturated rings. The first kappa shape index (κ1) is 30.7. The Labute approximate surface area is 260 Å². The van der Waals surface area contributed by atoms with Gasteiger partial charge in [0.2, 0.25) is 0 Å². The number of nitrogens with one attached hydrogen (secondary N) is 1. The molecule has 1 heterocycles. The first-order chi connectivity index (χ1) is 20.6. The lowest BCUT2D eigenvalue weighted by Gasteiger charge is -2.45. The van der Waals surface area contributed by atoms with Gasteiger partial charge in [0.15, 0.2) is 0 Å². The van der Waals surface area contributed by atoms with Gasteiger partial charge in [-0.25, -0.2) is 8.93 Å². The van der Waals surface area contributed by atoms with Gasteiger partial charge < -0.3 is 4.74 Å². The van der Waals surface area contributed by atoms with Crippen molar-refractivity contribution in [3.63, 3.8) is 0 Å². The number of benzene rings is 4. The number of carbonyl (C=O) groups excluding carboxylic acids is 2. The molecule has 0 bridgehead atoms. The molecule has 0 saturated heterocycles. The number of carbonyl (C=O) groups is 2. The topological polar surface area (TPSA) is 75.7 Å². The van der Waals surface area contributed by atoms with Crippen LogP contribution in [0.4, 0.5) is 5.69 Å². The smallest absolute Gasteiger partial charge is 0.308 e. The number of amides is 1. The summed E-state index contributed by atoms with van der Waals surface area (Å²) in [5.74, 6) is -1.03. The lowest BCUT2D eigenvalue weighted by atomic mass is 9.75. The maximum absolute atomic E-state index is 15.4. The van der Waals surface area contributed by atoms with Crippen LogP contribution in [0.5, 0.6) is 0 Å². The molecule has 0 saturated carbocycles. The Morgan fingerprint density at radius 3 is 1.79 bits per heavy atom. The average Bonchev–Trinajstić information content (AvgIpc) is 3.22. The van der Waals surface area contributed by atoms with Gasteiger partial charge >= 0.3 is 5.97 Å². The third kappa shape index (κ3) is 5.42. The standard InChI is InChI=1S/C35H35ClN2O4S/c1-5-42-31(39)24-34(37-43(41)33(2,3)4)29-23-28(36)21-22-30(29)38(32(34)40)35(25-15-9-6-10-16-25,26-17-11-7-12-18-26)27-19-13-8-14-20-27/h6-23,37H,5,24H2,1-4H3/t34-,43?/m0/s1. The van der Waals surface area contributed by atoms with E-state index in [9.17, 15) is 9.00 Å². The van der Waals surface area contributed by atoms with E-state index in [1.807, 2.05) is 112 Å². The molecule has 2 atom stereocenters. The fraction of sp³-hybridized carbons (Fsp3) is 0.257. The summed E-state index contributed by atoms with van der Waals surface area (Å²) in [6, 6.07) is 34.6. The summed E-state index contributed by atoms with van der Waals surface area (Å²) < 4.78 is 21.6. The highest BCUT2D eigenvalue weighted by atomic mass is 35.5. The summed E-state index contributed by atoms with van der Waals surface area (Å²) in [6.45, 7) is 7.29. The molecule has 4 aromatic rings. The van der Waals surface area contributed by atoms with Crippen molar-refractivity contribution in [2.75, 3.05) is 11.5 Å². The number of halogens is 1. The van der Waals surface area contributed by atoms with Crippen LogP contribution in [-0.2, 0) is 36.4 Å². The van der Waals surface area contributed by atoms with E-state index in [1.165, 1.54) is 0 Å². The Morgan fingerprint density at radius 2 is 1.35 bits per heavy atom. The van der Waals surface area contributed by atoms with Crippen LogP contribution in [0.1, 0.15) is 56.4 Å². The van der Waals surface area contributed by atoms with Crippen LogP contribution < -0.4 is 9.62 Å². The molecule has 0 aliphatic carbocycles. The van der Waals surface area contributed by atoms with Crippen molar-refractivity contribution >= 4 is 40.2 Å². The van der Waals surface area contributed by atoms with E-state index in [1.54, 1.807) is 30.0 Å². The summed E-state index contributed by atoms with van der Waals surface area (Å²) in [5, 5.41) is 0.384. The van der Waals surface area contributed by atoms with Gasteiger partial charge in [0.25, 0.3) is 5.91 Å². The van der Waals surface area contributed by atoms with E-state index >= 15 is 4.79 Å². The van der Waals surface area contributed by atoms with E-state index in [4.69, 9.17) is 16.3 Å². The number of nitrogens with zero attached hydrogens (tertiary/aromatic N) is 1. The molecule has 8 heteroatoms. The summed E-state index contributed by atoms with van der Waals surface area (Å²) in [6.07, 6.45) is -0.375. The second kappa shape index (κ2) is 12.1. The monoisotopic (exact) mass is 614 g/mol. The number of hydrogen-bond donors (Lipinski definition) is 1. The number of ether oxygens (including phenoxy) is 1. The molecule has 0 spiro atoms. The van der Waals surface area contributed by atoms with Gasteiger partial charge in [-0.1, -0.05) is 103 Å². The van der Waals surface area contributed by atoms with Gasteiger partial charge in [-0.15, -0.1) is 0 Å². The molecule has 43 heavy (non-hydrogen) atoms. The Bertz CT molecular complexity index is 1540. The normalized spacial score (nSPS) is 17.4. The van der Waals surface area contributed by atoms with Crippen molar-refractivity contribution in [1.82, 2.24) is 4.72 Å². The minimum atomic E-state index is -1.74. The fourth-order valence-electron chi connectivity index (χ4n) is 5.76. The van der Waals surface area contributed by atoms with Crippen LogP contribution >= 0.6 is 11.6 Å². The van der Waals surface area contributed by atoms with Crippen LogP contribution in [0.2, 0.25) is 5.02 Å². The molecule has 1 aliphatic rings. The minimum Gasteiger partial charge on any atom is -0.466 e. The molecule has 1 N–H and O–H groups in total. The number of anilines is 1. The minimum absolute atomic E-state index is 0.138. The largest absolute Gasteiger partial charge is 0.466 e. The van der Waals surface area contributed by atoms with Gasteiger partial charge in [-0.05, 0) is 62.6 Å². The second-order valence-corrected chi connectivity index (χ2v) is 13.9. The van der Waals surface area contributed by atoms with E-state index < -0.39 is 38.7 Å². The zero-order valence-corrected chi connectivity index (χ0v) is 26.2. The average molecular weight is 615 g/mol. The Balaban J connectivity index is 1.90. The third-order valence-corrected chi connectivity index (χ3v) is 9.56. The van der Waals surface area contributed by atoms with E-state index in [0.29, 0.717) is 16.3 Å². The molecule has 4 aromatic carbocycles. The lowest BCUT2D eigenvalue weighted by molar-refractivity contribution is -0.147. The van der Waals surface area contributed by atoms with Gasteiger partial charge in [0.05, 0.1) is 34.4 Å². The number of fused-ring (bicyclic) bond motifs is 1. The lowest BCUT2D eigenvalue weighted by Crippen LogP contribution is -2.59. The Kier molecular flexibility index (Phi) is 8.61. The van der Waals surface area contributed by atoms with Crippen molar-refractivity contribution in [3.8, 4) is 0 Å². The third-order valence-electron chi connectivity index (χ3n) is 7.68. The number of rotatable bonds is 9. The first-order valence-electron chi connectivity index (χ1n) is 14.2. The zero-order valence-electron chi connectivity index (χ0n) is 24.7. The van der Waals surface area contributed by atoms with Crippen molar-refractivity contribution < 1.29 is 18.5 Å². The molecule has 5 rings (SSSR count). The van der Waals surface area contributed by atoms with Crippen molar-refractivity contribution in [2.24, 2.45) is 0 Å².